The Kier molecular flexibility index (Phi) is 1.45. The van der Waals surface area contributed by atoms with Gasteiger partial charge in [0.05, 0.1) is 5.52 Å². The van der Waals surface area contributed by atoms with E-state index in [1.54, 1.807) is 5.56 Å². The second-order valence-electron chi connectivity index (χ2n) is 4.91. The van der Waals surface area contributed by atoms with Crippen molar-refractivity contribution in [1.29, 1.82) is 0 Å². The minimum atomic E-state index is 0.770. The van der Waals surface area contributed by atoms with Gasteiger partial charge in [-0.1, -0.05) is 30.4 Å². The minimum Gasteiger partial charge on any atom is -0.252 e. The summed E-state index contributed by atoms with van der Waals surface area (Å²) < 4.78 is 0. The number of hydrogen-bond acceptors (Lipinski definition) is 1. The van der Waals surface area contributed by atoms with Gasteiger partial charge in [-0.2, -0.15) is 0 Å². The van der Waals surface area contributed by atoms with Gasteiger partial charge in [0.25, 0.3) is 0 Å². The van der Waals surface area contributed by atoms with Crippen molar-refractivity contribution < 1.29 is 0 Å². The molecule has 1 aromatic heterocycles. The Hall–Kier alpha value is -1.63. The maximum Gasteiger partial charge on any atom is 0.0708 e. The normalized spacial score (nSPS) is 25.3. The Morgan fingerprint density at radius 1 is 1.25 bits per heavy atom. The molecule has 0 amide bonds. The fraction of sp³-hybridized carbons (Fsp3) is 0.267. The summed E-state index contributed by atoms with van der Waals surface area (Å²) in [5.74, 6) is 1.57. The molecule has 1 heteroatoms. The fourth-order valence-corrected chi connectivity index (χ4v) is 2.97. The number of nitrogens with zero attached hydrogens (tertiary/aromatic N) is 1. The average molecular weight is 207 g/mol. The first-order chi connectivity index (χ1) is 7.84. The van der Waals surface area contributed by atoms with E-state index in [0.29, 0.717) is 0 Å². The smallest absolute Gasteiger partial charge is 0.0708 e. The molecule has 0 saturated heterocycles. The molecule has 2 aliphatic carbocycles. The van der Waals surface area contributed by atoms with E-state index in [9.17, 15) is 0 Å². The number of para-hydroxylation sites is 1. The second kappa shape index (κ2) is 2.73. The Morgan fingerprint density at radius 3 is 3.06 bits per heavy atom. The van der Waals surface area contributed by atoms with E-state index < -0.39 is 0 Å². The van der Waals surface area contributed by atoms with Crippen molar-refractivity contribution >= 4 is 17.0 Å². The molecule has 2 unspecified atom stereocenters. The van der Waals surface area contributed by atoms with Gasteiger partial charge in [0, 0.05) is 11.1 Å². The van der Waals surface area contributed by atoms with Crippen molar-refractivity contribution in [2.45, 2.75) is 19.3 Å². The van der Waals surface area contributed by atoms with Crippen LogP contribution in [0.15, 0.2) is 30.3 Å². The van der Waals surface area contributed by atoms with Gasteiger partial charge in [0.2, 0.25) is 0 Å². The van der Waals surface area contributed by atoms with E-state index in [0.717, 1.165) is 17.4 Å². The monoisotopic (exact) mass is 207 g/mol. The summed E-state index contributed by atoms with van der Waals surface area (Å²) in [6.07, 6.45) is 5.96. The molecule has 0 N–H and O–H groups in total. The van der Waals surface area contributed by atoms with Crippen LogP contribution >= 0.6 is 0 Å². The molecule has 2 atom stereocenters. The first kappa shape index (κ1) is 8.51. The van der Waals surface area contributed by atoms with E-state index in [4.69, 9.17) is 4.98 Å². The third kappa shape index (κ3) is 0.981. The maximum absolute atomic E-state index is 4.69. The van der Waals surface area contributed by atoms with Gasteiger partial charge in [-0.05, 0) is 42.4 Å². The van der Waals surface area contributed by atoms with Crippen LogP contribution in [0.3, 0.4) is 0 Å². The van der Waals surface area contributed by atoms with Gasteiger partial charge < -0.3 is 0 Å². The highest BCUT2D eigenvalue weighted by Gasteiger charge is 2.41. The largest absolute Gasteiger partial charge is 0.252 e. The highest BCUT2D eigenvalue weighted by Crippen LogP contribution is 2.54. The molecule has 1 heterocycles. The first-order valence-electron chi connectivity index (χ1n) is 5.92. The van der Waals surface area contributed by atoms with Crippen LogP contribution in [0.5, 0.6) is 0 Å². The number of rotatable bonds is 0. The summed E-state index contributed by atoms with van der Waals surface area (Å²) >= 11 is 0. The van der Waals surface area contributed by atoms with Crippen molar-refractivity contribution in [2.75, 3.05) is 0 Å². The van der Waals surface area contributed by atoms with Crippen LogP contribution in [-0.4, -0.2) is 4.98 Å². The van der Waals surface area contributed by atoms with E-state index >= 15 is 0 Å². The second-order valence-corrected chi connectivity index (χ2v) is 4.91. The van der Waals surface area contributed by atoms with Crippen LogP contribution in [0.2, 0.25) is 0 Å². The molecule has 2 aromatic rings. The lowest BCUT2D eigenvalue weighted by Crippen LogP contribution is -2.00. The zero-order valence-electron chi connectivity index (χ0n) is 9.27. The molecule has 0 spiro atoms. The SMILES string of the molecule is Cc1nc2ccccc2c2c1C=CC1CC21. The van der Waals surface area contributed by atoms with E-state index in [1.165, 1.54) is 23.1 Å². The number of allylic oxidation sites excluding steroid dienone is 1. The van der Waals surface area contributed by atoms with Crippen LogP contribution in [-0.2, 0) is 0 Å². The summed E-state index contributed by atoms with van der Waals surface area (Å²) in [6, 6.07) is 8.53. The van der Waals surface area contributed by atoms with Crippen LogP contribution in [0, 0.1) is 12.8 Å². The molecule has 0 bridgehead atoms. The van der Waals surface area contributed by atoms with Crippen molar-refractivity contribution in [3.63, 3.8) is 0 Å². The number of aromatic nitrogens is 1. The van der Waals surface area contributed by atoms with Gasteiger partial charge in [0.1, 0.15) is 0 Å². The number of fused-ring (bicyclic) bond motifs is 5. The maximum atomic E-state index is 4.69. The van der Waals surface area contributed by atoms with Crippen LogP contribution in [0.25, 0.3) is 17.0 Å². The van der Waals surface area contributed by atoms with Crippen LogP contribution in [0.1, 0.15) is 29.2 Å². The molecule has 2 aliphatic rings. The third-order valence-electron chi connectivity index (χ3n) is 3.88. The summed E-state index contributed by atoms with van der Waals surface area (Å²) in [6.45, 7) is 2.12. The lowest BCUT2D eigenvalue weighted by molar-refractivity contribution is 0.993. The molecular formula is C15H13N. The van der Waals surface area contributed by atoms with Crippen LogP contribution < -0.4 is 0 Å². The van der Waals surface area contributed by atoms with Gasteiger partial charge in [-0.15, -0.1) is 0 Å². The quantitative estimate of drug-likeness (QED) is 0.642. The predicted octanol–water partition coefficient (Wildman–Crippen LogP) is 3.67. The average Bonchev–Trinajstić information content (AvgIpc) is 3.07. The van der Waals surface area contributed by atoms with Gasteiger partial charge in [-0.25, -0.2) is 0 Å². The van der Waals surface area contributed by atoms with Crippen molar-refractivity contribution in [2.24, 2.45) is 5.92 Å². The Labute approximate surface area is 94.8 Å². The van der Waals surface area contributed by atoms with Crippen molar-refractivity contribution in [3.05, 3.63) is 47.2 Å². The highest BCUT2D eigenvalue weighted by atomic mass is 14.7. The van der Waals surface area contributed by atoms with E-state index in [1.807, 2.05) is 0 Å². The zero-order valence-corrected chi connectivity index (χ0v) is 9.27. The Morgan fingerprint density at radius 2 is 2.12 bits per heavy atom. The molecule has 1 fully saturated rings. The highest BCUT2D eigenvalue weighted by molar-refractivity contribution is 5.88. The molecule has 4 rings (SSSR count). The molecule has 0 radical (unpaired) electrons. The lowest BCUT2D eigenvalue weighted by Gasteiger charge is -2.15. The molecule has 0 aliphatic heterocycles. The summed E-state index contributed by atoms with van der Waals surface area (Å²) in [4.78, 5) is 4.69. The summed E-state index contributed by atoms with van der Waals surface area (Å²) in [7, 11) is 0. The number of aryl methyl sites for hydroxylation is 1. The number of pyridine rings is 1. The molecule has 1 nitrogen and oxygen atoms in total. The number of hydrogen-bond donors (Lipinski definition) is 0. The predicted molar refractivity (Wildman–Crippen MR) is 66.4 cm³/mol. The zero-order chi connectivity index (χ0) is 10.7. The summed E-state index contributed by atoms with van der Waals surface area (Å²) in [5.41, 5.74) is 5.25. The first-order valence-corrected chi connectivity index (χ1v) is 5.92. The number of benzene rings is 1. The lowest BCUT2D eigenvalue weighted by atomic mass is 9.92. The minimum absolute atomic E-state index is 0.770. The molecule has 78 valence electrons. The molecule has 1 saturated carbocycles. The Bertz CT molecular complexity index is 625. The Balaban J connectivity index is 2.18. The molecular weight excluding hydrogens is 194 g/mol. The third-order valence-corrected chi connectivity index (χ3v) is 3.88. The van der Waals surface area contributed by atoms with Gasteiger partial charge in [0.15, 0.2) is 0 Å². The summed E-state index contributed by atoms with van der Waals surface area (Å²) in [5, 5.41) is 1.36. The fourth-order valence-electron chi connectivity index (χ4n) is 2.97. The van der Waals surface area contributed by atoms with Crippen molar-refractivity contribution in [3.8, 4) is 0 Å². The van der Waals surface area contributed by atoms with Gasteiger partial charge >= 0.3 is 0 Å². The van der Waals surface area contributed by atoms with E-state index in [2.05, 4.69) is 43.3 Å². The molecule has 16 heavy (non-hydrogen) atoms. The van der Waals surface area contributed by atoms with Crippen molar-refractivity contribution in [1.82, 2.24) is 4.98 Å². The standard InChI is InChI=1S/C15H13N/c1-9-11-7-6-10-8-13(10)15(11)12-4-2-3-5-14(12)16-9/h2-7,10,13H,8H2,1H3. The van der Waals surface area contributed by atoms with E-state index in [-0.39, 0.29) is 0 Å². The van der Waals surface area contributed by atoms with Crippen LogP contribution in [0.4, 0.5) is 0 Å². The van der Waals surface area contributed by atoms with Gasteiger partial charge in [-0.3, -0.25) is 4.98 Å². The molecule has 1 aromatic carbocycles. The topological polar surface area (TPSA) is 12.9 Å².